The third kappa shape index (κ3) is 4.63. The van der Waals surface area contributed by atoms with Crippen LogP contribution in [0, 0.1) is 5.82 Å². The molecule has 30 heavy (non-hydrogen) atoms. The topological polar surface area (TPSA) is 49.2 Å². The van der Waals surface area contributed by atoms with E-state index in [-0.39, 0.29) is 5.82 Å². The van der Waals surface area contributed by atoms with Gasteiger partial charge in [-0.25, -0.2) is 4.39 Å². The van der Waals surface area contributed by atoms with Gasteiger partial charge in [0.2, 0.25) is 0 Å². The van der Waals surface area contributed by atoms with Gasteiger partial charge in [-0.1, -0.05) is 42.1 Å². The average Bonchev–Trinajstić information content (AvgIpc) is 3.22. The highest BCUT2D eigenvalue weighted by atomic mass is 32.2. The van der Waals surface area contributed by atoms with Crippen LogP contribution in [0.2, 0.25) is 0 Å². The minimum Gasteiger partial charge on any atom is -0.497 e. The molecule has 1 heterocycles. The van der Waals surface area contributed by atoms with Crippen LogP contribution in [0.15, 0.2) is 84.0 Å². The standard InChI is InChI=1S/C23H20FN3O2S/c1-28-20-11-13-21(14-12-20)29-15-16-30-23-26-25-22(17-5-3-2-4-6-17)27(23)19-9-7-18(24)8-10-19/h2-14H,15-16H2,1H3. The van der Waals surface area contributed by atoms with Crippen LogP contribution in [0.5, 0.6) is 11.5 Å². The van der Waals surface area contributed by atoms with Crippen molar-refractivity contribution in [2.24, 2.45) is 0 Å². The molecule has 0 atom stereocenters. The highest BCUT2D eigenvalue weighted by Gasteiger charge is 2.16. The second-order valence-corrected chi connectivity index (χ2v) is 7.42. The number of hydrogen-bond donors (Lipinski definition) is 0. The fraction of sp³-hybridized carbons (Fsp3) is 0.130. The lowest BCUT2D eigenvalue weighted by atomic mass is 10.2. The SMILES string of the molecule is COc1ccc(OCCSc2nnc(-c3ccccc3)n2-c2ccc(F)cc2)cc1. The summed E-state index contributed by atoms with van der Waals surface area (Å²) in [7, 11) is 1.63. The molecule has 0 aliphatic heterocycles. The molecule has 4 rings (SSSR count). The molecule has 0 bridgehead atoms. The Kier molecular flexibility index (Phi) is 6.29. The number of nitrogens with zero attached hydrogens (tertiary/aromatic N) is 3. The minimum absolute atomic E-state index is 0.282. The van der Waals surface area contributed by atoms with Crippen molar-refractivity contribution < 1.29 is 13.9 Å². The third-order valence-electron chi connectivity index (χ3n) is 4.39. The predicted molar refractivity (Wildman–Crippen MR) is 116 cm³/mol. The molecule has 0 saturated heterocycles. The number of rotatable bonds is 8. The fourth-order valence-corrected chi connectivity index (χ4v) is 3.69. The maximum absolute atomic E-state index is 13.4. The van der Waals surface area contributed by atoms with Crippen LogP contribution >= 0.6 is 11.8 Å². The highest BCUT2D eigenvalue weighted by molar-refractivity contribution is 7.99. The molecule has 1 aromatic heterocycles. The fourth-order valence-electron chi connectivity index (χ4n) is 2.92. The highest BCUT2D eigenvalue weighted by Crippen LogP contribution is 2.28. The summed E-state index contributed by atoms with van der Waals surface area (Å²) < 4.78 is 26.3. The van der Waals surface area contributed by atoms with Gasteiger partial charge in [0, 0.05) is 17.0 Å². The smallest absolute Gasteiger partial charge is 0.196 e. The maximum Gasteiger partial charge on any atom is 0.196 e. The summed E-state index contributed by atoms with van der Waals surface area (Å²) in [5.41, 5.74) is 1.74. The summed E-state index contributed by atoms with van der Waals surface area (Å²) in [6.07, 6.45) is 0. The monoisotopic (exact) mass is 421 g/mol. The van der Waals surface area contributed by atoms with Crippen molar-refractivity contribution >= 4 is 11.8 Å². The van der Waals surface area contributed by atoms with E-state index in [4.69, 9.17) is 9.47 Å². The molecule has 0 amide bonds. The van der Waals surface area contributed by atoms with E-state index in [0.717, 1.165) is 27.9 Å². The molecule has 7 heteroatoms. The summed E-state index contributed by atoms with van der Waals surface area (Å²) >= 11 is 1.53. The van der Waals surface area contributed by atoms with Gasteiger partial charge in [0.1, 0.15) is 17.3 Å². The van der Waals surface area contributed by atoms with Crippen LogP contribution in [-0.2, 0) is 0 Å². The molecule has 0 spiro atoms. The normalized spacial score (nSPS) is 10.7. The largest absolute Gasteiger partial charge is 0.497 e. The first-order valence-corrected chi connectivity index (χ1v) is 10.4. The van der Waals surface area contributed by atoms with Gasteiger partial charge in [0.15, 0.2) is 11.0 Å². The number of aromatic nitrogens is 3. The van der Waals surface area contributed by atoms with Crippen molar-refractivity contribution in [3.63, 3.8) is 0 Å². The van der Waals surface area contributed by atoms with Gasteiger partial charge in [-0.15, -0.1) is 10.2 Å². The van der Waals surface area contributed by atoms with Crippen molar-refractivity contribution in [2.45, 2.75) is 5.16 Å². The van der Waals surface area contributed by atoms with E-state index >= 15 is 0 Å². The van der Waals surface area contributed by atoms with Gasteiger partial charge in [0.05, 0.1) is 13.7 Å². The van der Waals surface area contributed by atoms with Gasteiger partial charge >= 0.3 is 0 Å². The molecule has 152 valence electrons. The zero-order valence-electron chi connectivity index (χ0n) is 16.4. The van der Waals surface area contributed by atoms with E-state index in [1.165, 1.54) is 23.9 Å². The zero-order valence-corrected chi connectivity index (χ0v) is 17.2. The molecule has 0 saturated carbocycles. The number of thioether (sulfide) groups is 1. The van der Waals surface area contributed by atoms with Gasteiger partial charge in [-0.2, -0.15) is 0 Å². The molecule has 0 fully saturated rings. The van der Waals surface area contributed by atoms with Crippen LogP contribution in [0.4, 0.5) is 4.39 Å². The first-order chi connectivity index (χ1) is 14.7. The average molecular weight is 421 g/mol. The van der Waals surface area contributed by atoms with Crippen LogP contribution in [0.3, 0.4) is 0 Å². The predicted octanol–water partition coefficient (Wildman–Crippen LogP) is 5.25. The molecule has 0 aliphatic carbocycles. The summed E-state index contributed by atoms with van der Waals surface area (Å²) in [6, 6.07) is 23.6. The molecule has 0 unspecified atom stereocenters. The summed E-state index contributed by atoms with van der Waals surface area (Å²) in [4.78, 5) is 0. The van der Waals surface area contributed by atoms with Crippen LogP contribution in [0.1, 0.15) is 0 Å². The van der Waals surface area contributed by atoms with E-state index in [9.17, 15) is 4.39 Å². The van der Waals surface area contributed by atoms with Gasteiger partial charge in [0.25, 0.3) is 0 Å². The summed E-state index contributed by atoms with van der Waals surface area (Å²) in [5.74, 6) is 2.68. The lowest BCUT2D eigenvalue weighted by Crippen LogP contribution is -2.03. The molecular weight excluding hydrogens is 401 g/mol. The summed E-state index contributed by atoms with van der Waals surface area (Å²) in [5, 5.41) is 9.47. The van der Waals surface area contributed by atoms with Crippen molar-refractivity contribution in [1.82, 2.24) is 14.8 Å². The van der Waals surface area contributed by atoms with E-state index in [1.807, 2.05) is 59.2 Å². The molecule has 4 aromatic rings. The van der Waals surface area contributed by atoms with Crippen molar-refractivity contribution in [1.29, 1.82) is 0 Å². The van der Waals surface area contributed by atoms with Crippen molar-refractivity contribution in [3.05, 3.63) is 84.7 Å². The maximum atomic E-state index is 13.4. The Labute approximate surface area is 178 Å². The molecule has 0 radical (unpaired) electrons. The number of benzene rings is 3. The summed E-state index contributed by atoms with van der Waals surface area (Å²) in [6.45, 7) is 0.508. The Morgan fingerprint density at radius 2 is 1.57 bits per heavy atom. The second-order valence-electron chi connectivity index (χ2n) is 6.36. The Bertz CT molecular complexity index is 1080. The van der Waals surface area contributed by atoms with E-state index in [0.29, 0.717) is 18.2 Å². The minimum atomic E-state index is -0.282. The molecule has 3 aromatic carbocycles. The Hall–Kier alpha value is -3.32. The van der Waals surface area contributed by atoms with Crippen LogP contribution in [0.25, 0.3) is 17.1 Å². The molecule has 0 N–H and O–H groups in total. The first kappa shape index (κ1) is 20.0. The quantitative estimate of drug-likeness (QED) is 0.287. The Balaban J connectivity index is 1.51. The number of methoxy groups -OCH3 is 1. The van der Waals surface area contributed by atoms with Crippen LogP contribution < -0.4 is 9.47 Å². The second kappa shape index (κ2) is 9.45. The van der Waals surface area contributed by atoms with E-state index in [1.54, 1.807) is 19.2 Å². The van der Waals surface area contributed by atoms with Gasteiger partial charge in [-0.05, 0) is 48.5 Å². The third-order valence-corrected chi connectivity index (χ3v) is 5.29. The van der Waals surface area contributed by atoms with Crippen molar-refractivity contribution in [2.75, 3.05) is 19.5 Å². The number of ether oxygens (including phenoxy) is 2. The lowest BCUT2D eigenvalue weighted by Gasteiger charge is -2.11. The van der Waals surface area contributed by atoms with Crippen LogP contribution in [-0.4, -0.2) is 34.2 Å². The number of hydrogen-bond acceptors (Lipinski definition) is 5. The number of halogens is 1. The van der Waals surface area contributed by atoms with E-state index in [2.05, 4.69) is 10.2 Å². The Morgan fingerprint density at radius 3 is 2.27 bits per heavy atom. The van der Waals surface area contributed by atoms with E-state index < -0.39 is 0 Å². The molecule has 5 nitrogen and oxygen atoms in total. The zero-order chi connectivity index (χ0) is 20.8. The first-order valence-electron chi connectivity index (χ1n) is 9.41. The molecule has 0 aliphatic rings. The molecular formula is C23H20FN3O2S. The van der Waals surface area contributed by atoms with Gasteiger partial charge in [-0.3, -0.25) is 4.57 Å². The Morgan fingerprint density at radius 1 is 0.867 bits per heavy atom. The lowest BCUT2D eigenvalue weighted by molar-refractivity contribution is 0.342. The van der Waals surface area contributed by atoms with Gasteiger partial charge < -0.3 is 9.47 Å². The van der Waals surface area contributed by atoms with Crippen molar-refractivity contribution in [3.8, 4) is 28.6 Å².